The molecule has 2 aliphatic rings. The first-order valence-electron chi connectivity index (χ1n) is 11.3. The number of hydrogen-bond donors (Lipinski definition) is 1. The van der Waals surface area contributed by atoms with Crippen LogP contribution in [0.25, 0.3) is 6.08 Å². The van der Waals surface area contributed by atoms with Gasteiger partial charge in [-0.2, -0.15) is 0 Å². The molecule has 2 aromatic carbocycles. The second kappa shape index (κ2) is 9.16. The van der Waals surface area contributed by atoms with Crippen molar-refractivity contribution in [2.24, 2.45) is 0 Å². The normalized spacial score (nSPS) is 18.8. The summed E-state index contributed by atoms with van der Waals surface area (Å²) in [5.41, 5.74) is 3.40. The van der Waals surface area contributed by atoms with Gasteiger partial charge in [0.05, 0.1) is 11.2 Å². The van der Waals surface area contributed by atoms with Crippen molar-refractivity contribution in [1.29, 1.82) is 0 Å². The van der Waals surface area contributed by atoms with Gasteiger partial charge < -0.3 is 19.4 Å². The fourth-order valence-corrected chi connectivity index (χ4v) is 4.00. The molecule has 0 saturated carbocycles. The van der Waals surface area contributed by atoms with Crippen LogP contribution >= 0.6 is 0 Å². The molecule has 0 radical (unpaired) electrons. The van der Waals surface area contributed by atoms with Gasteiger partial charge in [0, 0.05) is 18.5 Å². The molecule has 0 atom stereocenters. The number of carbonyl (C=O) groups is 2. The average molecular weight is 447 g/mol. The third-order valence-corrected chi connectivity index (χ3v) is 6.66. The molecule has 1 N–H and O–H groups in total. The number of nitrogens with one attached hydrogen (secondary N) is 1. The van der Waals surface area contributed by atoms with Crippen molar-refractivity contribution in [3.8, 4) is 0 Å². The van der Waals surface area contributed by atoms with Crippen molar-refractivity contribution in [2.45, 2.75) is 58.3 Å². The molecule has 0 bridgehead atoms. The number of carbonyl (C=O) groups excluding carboxylic acids is 2. The summed E-state index contributed by atoms with van der Waals surface area (Å²) < 4.78 is 17.9. The van der Waals surface area contributed by atoms with Crippen molar-refractivity contribution < 1.29 is 23.6 Å². The van der Waals surface area contributed by atoms with Gasteiger partial charge >= 0.3 is 13.2 Å². The van der Waals surface area contributed by atoms with E-state index < -0.39 is 24.4 Å². The predicted octanol–water partition coefficient (Wildman–Crippen LogP) is 4.76. The Morgan fingerprint density at radius 3 is 2.42 bits per heavy atom. The van der Waals surface area contributed by atoms with Gasteiger partial charge in [-0.15, -0.1) is 0 Å². The molecule has 1 aliphatic carbocycles. The van der Waals surface area contributed by atoms with Crippen LogP contribution in [0.5, 0.6) is 0 Å². The molecular weight excluding hydrogens is 417 g/mol. The van der Waals surface area contributed by atoms with Crippen LogP contribution in [0.1, 0.15) is 61.2 Å². The zero-order valence-corrected chi connectivity index (χ0v) is 19.6. The molecule has 7 heteroatoms. The van der Waals surface area contributed by atoms with Crippen molar-refractivity contribution in [2.75, 3.05) is 6.54 Å². The van der Waals surface area contributed by atoms with E-state index in [4.69, 9.17) is 14.0 Å². The first-order valence-corrected chi connectivity index (χ1v) is 11.3. The van der Waals surface area contributed by atoms with Crippen LogP contribution in [0, 0.1) is 0 Å². The first kappa shape index (κ1) is 23.3. The summed E-state index contributed by atoms with van der Waals surface area (Å²) in [6.45, 7) is 8.35. The number of hydrogen-bond acceptors (Lipinski definition) is 5. The van der Waals surface area contributed by atoms with Gasteiger partial charge in [0.15, 0.2) is 5.78 Å². The summed E-state index contributed by atoms with van der Waals surface area (Å²) in [4.78, 5) is 24.6. The zero-order chi connectivity index (χ0) is 23.6. The summed E-state index contributed by atoms with van der Waals surface area (Å²) in [7, 11) is -0.627. The number of fused-ring (bicyclic) bond motifs is 1. The fraction of sp³-hybridized carbons (Fsp3) is 0.385. The summed E-state index contributed by atoms with van der Waals surface area (Å²) in [6.07, 6.45) is 2.69. The molecule has 1 amide bonds. The maximum Gasteiger partial charge on any atom is 0.492 e. The lowest BCUT2D eigenvalue weighted by Crippen LogP contribution is -2.41. The second-order valence-corrected chi connectivity index (χ2v) is 9.52. The van der Waals surface area contributed by atoms with Crippen molar-refractivity contribution >= 4 is 25.1 Å². The SMILES string of the molecule is CC1(C)OB(C(=Cc2cccc3c2CCC3=O)CNC(=O)OCc2ccccc2)OC1(C)C. The second-order valence-electron chi connectivity index (χ2n) is 9.52. The highest BCUT2D eigenvalue weighted by atomic mass is 16.7. The quantitative estimate of drug-likeness (QED) is 0.647. The molecule has 1 saturated heterocycles. The Kier molecular flexibility index (Phi) is 6.46. The summed E-state index contributed by atoms with van der Waals surface area (Å²) in [5.74, 6) is 0.167. The maximum atomic E-state index is 12.4. The number of benzene rings is 2. The Morgan fingerprint density at radius 1 is 1.03 bits per heavy atom. The minimum atomic E-state index is -0.627. The van der Waals surface area contributed by atoms with Crippen LogP contribution in [0.15, 0.2) is 54.0 Å². The Balaban J connectivity index is 1.53. The maximum absolute atomic E-state index is 12.4. The Hall–Kier alpha value is -2.90. The molecule has 0 unspecified atom stereocenters. The zero-order valence-electron chi connectivity index (χ0n) is 19.6. The highest BCUT2D eigenvalue weighted by molar-refractivity contribution is 6.56. The van der Waals surface area contributed by atoms with E-state index in [-0.39, 0.29) is 18.9 Å². The Morgan fingerprint density at radius 2 is 1.73 bits per heavy atom. The van der Waals surface area contributed by atoms with Gasteiger partial charge in [-0.25, -0.2) is 4.79 Å². The van der Waals surface area contributed by atoms with E-state index in [1.165, 1.54) is 0 Å². The standard InChI is InChI=1S/C26H30BNO5/c1-25(2)26(3,4)33-27(32-25)20(15-19-11-8-12-22-21(19)13-14-23(22)29)16-28-24(30)31-17-18-9-6-5-7-10-18/h5-12,15H,13-14,16-17H2,1-4H3,(H,28,30). The largest absolute Gasteiger partial charge is 0.492 e. The van der Waals surface area contributed by atoms with E-state index >= 15 is 0 Å². The lowest BCUT2D eigenvalue weighted by Gasteiger charge is -2.32. The van der Waals surface area contributed by atoms with Crippen LogP contribution in [-0.4, -0.2) is 36.7 Å². The van der Waals surface area contributed by atoms with Crippen molar-refractivity contribution in [3.63, 3.8) is 0 Å². The highest BCUT2D eigenvalue weighted by Crippen LogP contribution is 2.39. The summed E-state index contributed by atoms with van der Waals surface area (Å²) >= 11 is 0. The average Bonchev–Trinajstić information content (AvgIpc) is 3.26. The van der Waals surface area contributed by atoms with Gasteiger partial charge in [0.25, 0.3) is 0 Å². The molecule has 6 nitrogen and oxygen atoms in total. The Labute approximate surface area is 195 Å². The van der Waals surface area contributed by atoms with E-state index in [1.807, 2.05) is 82.3 Å². The number of rotatable bonds is 6. The van der Waals surface area contributed by atoms with Gasteiger partial charge in [-0.05, 0) is 56.3 Å². The minimum Gasteiger partial charge on any atom is -0.445 e. The molecule has 1 heterocycles. The summed E-state index contributed by atoms with van der Waals surface area (Å²) in [5, 5.41) is 2.82. The minimum absolute atomic E-state index is 0.167. The van der Waals surface area contributed by atoms with Crippen LogP contribution in [0.4, 0.5) is 4.79 Å². The smallest absolute Gasteiger partial charge is 0.445 e. The van der Waals surface area contributed by atoms with E-state index in [2.05, 4.69) is 5.32 Å². The molecule has 172 valence electrons. The molecule has 4 rings (SSSR count). The third kappa shape index (κ3) is 5.04. The fourth-order valence-electron chi connectivity index (χ4n) is 4.00. The lowest BCUT2D eigenvalue weighted by atomic mass is 9.76. The Bertz CT molecular complexity index is 1060. The molecule has 0 spiro atoms. The van der Waals surface area contributed by atoms with Gasteiger partial charge in [-0.3, -0.25) is 4.79 Å². The number of amides is 1. The van der Waals surface area contributed by atoms with Crippen LogP contribution in [-0.2, 0) is 27.1 Å². The number of Topliss-reactive ketones (excluding diaryl/α,β-unsaturated/α-hetero) is 1. The van der Waals surface area contributed by atoms with Crippen molar-refractivity contribution in [1.82, 2.24) is 5.32 Å². The monoisotopic (exact) mass is 447 g/mol. The molecule has 33 heavy (non-hydrogen) atoms. The van der Waals surface area contributed by atoms with E-state index in [9.17, 15) is 9.59 Å². The highest BCUT2D eigenvalue weighted by Gasteiger charge is 2.52. The number of alkyl carbamates (subject to hydrolysis) is 1. The lowest BCUT2D eigenvalue weighted by molar-refractivity contribution is 0.00578. The van der Waals surface area contributed by atoms with E-state index in [0.717, 1.165) is 27.7 Å². The van der Waals surface area contributed by atoms with Crippen molar-refractivity contribution in [3.05, 3.63) is 76.3 Å². The summed E-state index contributed by atoms with van der Waals surface area (Å²) in [6, 6.07) is 15.3. The molecule has 1 fully saturated rings. The van der Waals surface area contributed by atoms with E-state index in [1.54, 1.807) is 0 Å². The van der Waals surface area contributed by atoms with Gasteiger partial charge in [-0.1, -0.05) is 54.6 Å². The van der Waals surface area contributed by atoms with Crippen LogP contribution < -0.4 is 5.32 Å². The third-order valence-electron chi connectivity index (χ3n) is 6.66. The number of ketones is 1. The predicted molar refractivity (Wildman–Crippen MR) is 128 cm³/mol. The topological polar surface area (TPSA) is 73.9 Å². The van der Waals surface area contributed by atoms with Crippen LogP contribution in [0.2, 0.25) is 0 Å². The first-order chi connectivity index (χ1) is 15.7. The molecular formula is C26H30BNO5. The molecule has 0 aromatic heterocycles. The van der Waals surface area contributed by atoms with Gasteiger partial charge in [0.2, 0.25) is 0 Å². The number of ether oxygens (including phenoxy) is 1. The molecule has 2 aromatic rings. The van der Waals surface area contributed by atoms with Gasteiger partial charge in [0.1, 0.15) is 6.61 Å². The molecule has 1 aliphatic heterocycles. The van der Waals surface area contributed by atoms with E-state index in [0.29, 0.717) is 12.8 Å². The van der Waals surface area contributed by atoms with Crippen LogP contribution in [0.3, 0.4) is 0 Å².